The molecule has 1 aliphatic rings. The average molecular weight is 236 g/mol. The highest BCUT2D eigenvalue weighted by atomic mass is 35.5. The molecule has 0 aromatic heterocycles. The lowest BCUT2D eigenvalue weighted by Crippen LogP contribution is -2.12. The summed E-state index contributed by atoms with van der Waals surface area (Å²) in [4.78, 5) is 0. The minimum Gasteiger partial charge on any atom is -0.493 e. The molecule has 1 saturated carbocycles. The zero-order valence-corrected chi connectivity index (χ0v) is 9.83. The van der Waals surface area contributed by atoms with Crippen molar-refractivity contribution >= 4 is 11.6 Å². The monoisotopic (exact) mass is 235 g/mol. The van der Waals surface area contributed by atoms with Crippen LogP contribution >= 0.6 is 11.6 Å². The first-order valence-corrected chi connectivity index (χ1v) is 5.96. The van der Waals surface area contributed by atoms with Crippen LogP contribution in [0.4, 0.5) is 0 Å². The standard InChI is InChI=1S/C13H14ClNO/c14-9-11-2-1-3-12(8-11)16-10-13(4-5-13)6-7-15/h1-3,8H,4-6,9-10H2. The Morgan fingerprint density at radius 3 is 2.88 bits per heavy atom. The van der Waals surface area contributed by atoms with E-state index in [1.54, 1.807) is 0 Å². The number of hydrogen-bond acceptors (Lipinski definition) is 2. The van der Waals surface area contributed by atoms with Gasteiger partial charge in [-0.25, -0.2) is 0 Å². The molecule has 0 radical (unpaired) electrons. The van der Waals surface area contributed by atoms with Gasteiger partial charge in [-0.1, -0.05) is 12.1 Å². The molecule has 0 aliphatic heterocycles. The zero-order valence-electron chi connectivity index (χ0n) is 9.08. The largest absolute Gasteiger partial charge is 0.493 e. The van der Waals surface area contributed by atoms with E-state index in [1.165, 1.54) is 0 Å². The van der Waals surface area contributed by atoms with Crippen molar-refractivity contribution in [3.63, 3.8) is 0 Å². The van der Waals surface area contributed by atoms with Gasteiger partial charge in [0.1, 0.15) is 5.75 Å². The van der Waals surface area contributed by atoms with Crippen LogP contribution in [0.3, 0.4) is 0 Å². The number of rotatable bonds is 5. The van der Waals surface area contributed by atoms with Gasteiger partial charge in [0.15, 0.2) is 0 Å². The van der Waals surface area contributed by atoms with Gasteiger partial charge in [-0.3, -0.25) is 0 Å². The fourth-order valence-electron chi connectivity index (χ4n) is 1.67. The summed E-state index contributed by atoms with van der Waals surface area (Å²) in [5, 5.41) is 8.70. The van der Waals surface area contributed by atoms with Crippen molar-refractivity contribution in [3.05, 3.63) is 29.8 Å². The second-order valence-corrected chi connectivity index (χ2v) is 4.67. The third kappa shape index (κ3) is 2.68. The van der Waals surface area contributed by atoms with Crippen LogP contribution in [0.2, 0.25) is 0 Å². The highest BCUT2D eigenvalue weighted by Gasteiger charge is 2.43. The van der Waals surface area contributed by atoms with Gasteiger partial charge in [0.2, 0.25) is 0 Å². The van der Waals surface area contributed by atoms with E-state index in [-0.39, 0.29) is 5.41 Å². The number of alkyl halides is 1. The molecule has 0 amide bonds. The van der Waals surface area contributed by atoms with E-state index in [9.17, 15) is 0 Å². The maximum Gasteiger partial charge on any atom is 0.119 e. The van der Waals surface area contributed by atoms with Crippen molar-refractivity contribution in [2.75, 3.05) is 6.61 Å². The lowest BCUT2D eigenvalue weighted by molar-refractivity contribution is 0.236. The Hall–Kier alpha value is -1.20. The van der Waals surface area contributed by atoms with E-state index in [0.29, 0.717) is 18.9 Å². The fourth-order valence-corrected chi connectivity index (χ4v) is 1.84. The minimum atomic E-state index is 0.131. The highest BCUT2D eigenvalue weighted by molar-refractivity contribution is 6.17. The average Bonchev–Trinajstić information content (AvgIpc) is 3.08. The molecule has 0 spiro atoms. The number of benzene rings is 1. The van der Waals surface area contributed by atoms with Gasteiger partial charge in [0, 0.05) is 17.7 Å². The molecule has 1 aromatic carbocycles. The molecule has 2 nitrogen and oxygen atoms in total. The van der Waals surface area contributed by atoms with E-state index < -0.39 is 0 Å². The molecule has 2 rings (SSSR count). The molecule has 0 heterocycles. The van der Waals surface area contributed by atoms with E-state index in [0.717, 1.165) is 24.2 Å². The normalized spacial score (nSPS) is 16.5. The summed E-state index contributed by atoms with van der Waals surface area (Å²) in [6, 6.07) is 10.0. The van der Waals surface area contributed by atoms with Gasteiger partial charge in [0.25, 0.3) is 0 Å². The van der Waals surface area contributed by atoms with Crippen LogP contribution in [0, 0.1) is 16.7 Å². The second-order valence-electron chi connectivity index (χ2n) is 4.40. The van der Waals surface area contributed by atoms with Gasteiger partial charge in [0.05, 0.1) is 12.7 Å². The molecule has 1 aliphatic carbocycles. The Labute approximate surface area is 101 Å². The number of ether oxygens (including phenoxy) is 1. The molecule has 16 heavy (non-hydrogen) atoms. The first kappa shape index (κ1) is 11.3. The van der Waals surface area contributed by atoms with Gasteiger partial charge < -0.3 is 4.74 Å². The molecular weight excluding hydrogens is 222 g/mol. The van der Waals surface area contributed by atoms with Crippen molar-refractivity contribution < 1.29 is 4.74 Å². The smallest absolute Gasteiger partial charge is 0.119 e. The predicted molar refractivity (Wildman–Crippen MR) is 63.4 cm³/mol. The highest BCUT2D eigenvalue weighted by Crippen LogP contribution is 2.48. The second kappa shape index (κ2) is 4.76. The van der Waals surface area contributed by atoms with E-state index in [4.69, 9.17) is 21.6 Å². The van der Waals surface area contributed by atoms with Crippen molar-refractivity contribution in [1.82, 2.24) is 0 Å². The summed E-state index contributed by atoms with van der Waals surface area (Å²) in [7, 11) is 0. The van der Waals surface area contributed by atoms with Crippen LogP contribution in [-0.4, -0.2) is 6.61 Å². The Kier molecular flexibility index (Phi) is 3.36. The lowest BCUT2D eigenvalue weighted by atomic mass is 10.1. The van der Waals surface area contributed by atoms with Crippen LogP contribution in [0.1, 0.15) is 24.8 Å². The molecule has 0 N–H and O–H groups in total. The van der Waals surface area contributed by atoms with Crippen LogP contribution < -0.4 is 4.74 Å². The summed E-state index contributed by atoms with van der Waals surface area (Å²) < 4.78 is 5.72. The maximum atomic E-state index is 8.70. The van der Waals surface area contributed by atoms with Crippen LogP contribution in [0.25, 0.3) is 0 Å². The van der Waals surface area contributed by atoms with Gasteiger partial charge in [-0.15, -0.1) is 11.6 Å². The van der Waals surface area contributed by atoms with Crippen LogP contribution in [-0.2, 0) is 5.88 Å². The van der Waals surface area contributed by atoms with E-state index in [2.05, 4.69) is 6.07 Å². The minimum absolute atomic E-state index is 0.131. The lowest BCUT2D eigenvalue weighted by Gasteiger charge is -2.13. The van der Waals surface area contributed by atoms with Crippen molar-refractivity contribution in [1.29, 1.82) is 5.26 Å². The predicted octanol–water partition coefficient (Wildman–Crippen LogP) is 3.50. The van der Waals surface area contributed by atoms with Crippen molar-refractivity contribution in [3.8, 4) is 11.8 Å². The number of nitriles is 1. The summed E-state index contributed by atoms with van der Waals surface area (Å²) in [5.74, 6) is 1.35. The summed E-state index contributed by atoms with van der Waals surface area (Å²) >= 11 is 5.75. The first-order valence-electron chi connectivity index (χ1n) is 5.43. The molecule has 0 atom stereocenters. The topological polar surface area (TPSA) is 33.0 Å². The third-order valence-electron chi connectivity index (χ3n) is 3.01. The molecule has 0 bridgehead atoms. The molecule has 3 heteroatoms. The number of halogens is 1. The zero-order chi connectivity index (χ0) is 11.4. The summed E-state index contributed by atoms with van der Waals surface area (Å²) in [6.07, 6.45) is 2.81. The Morgan fingerprint density at radius 1 is 1.44 bits per heavy atom. The quantitative estimate of drug-likeness (QED) is 0.732. The molecule has 84 valence electrons. The fraction of sp³-hybridized carbons (Fsp3) is 0.462. The van der Waals surface area contributed by atoms with Gasteiger partial charge in [-0.2, -0.15) is 5.26 Å². The van der Waals surface area contributed by atoms with E-state index in [1.807, 2.05) is 24.3 Å². The van der Waals surface area contributed by atoms with E-state index >= 15 is 0 Å². The van der Waals surface area contributed by atoms with Gasteiger partial charge in [-0.05, 0) is 30.5 Å². The molecule has 0 saturated heterocycles. The Morgan fingerprint density at radius 2 is 2.25 bits per heavy atom. The number of nitrogens with zero attached hydrogens (tertiary/aromatic N) is 1. The van der Waals surface area contributed by atoms with Gasteiger partial charge >= 0.3 is 0 Å². The van der Waals surface area contributed by atoms with Crippen molar-refractivity contribution in [2.24, 2.45) is 5.41 Å². The molecular formula is C13H14ClNO. The molecule has 0 unspecified atom stereocenters. The first-order chi connectivity index (χ1) is 7.78. The Balaban J connectivity index is 1.92. The van der Waals surface area contributed by atoms with Crippen LogP contribution in [0.5, 0.6) is 5.75 Å². The third-order valence-corrected chi connectivity index (χ3v) is 3.32. The molecule has 1 aromatic rings. The maximum absolute atomic E-state index is 8.70. The number of hydrogen-bond donors (Lipinski definition) is 0. The molecule has 1 fully saturated rings. The Bertz CT molecular complexity index is 407. The van der Waals surface area contributed by atoms with Crippen molar-refractivity contribution in [2.45, 2.75) is 25.1 Å². The summed E-state index contributed by atoms with van der Waals surface area (Å²) in [6.45, 7) is 0.645. The van der Waals surface area contributed by atoms with Crippen LogP contribution in [0.15, 0.2) is 24.3 Å². The SMILES string of the molecule is N#CCC1(COc2cccc(CCl)c2)CC1. The summed E-state index contributed by atoms with van der Waals surface area (Å²) in [5.41, 5.74) is 1.19.